The van der Waals surface area contributed by atoms with E-state index in [9.17, 15) is 13.2 Å². The Bertz CT molecular complexity index is 757. The minimum atomic E-state index is -3.53. The van der Waals surface area contributed by atoms with Crippen LogP contribution in [0.3, 0.4) is 0 Å². The molecule has 2 unspecified atom stereocenters. The molecule has 26 heavy (non-hydrogen) atoms. The Morgan fingerprint density at radius 2 is 1.96 bits per heavy atom. The Morgan fingerprint density at radius 3 is 2.65 bits per heavy atom. The van der Waals surface area contributed by atoms with E-state index in [0.29, 0.717) is 24.7 Å². The Labute approximate surface area is 156 Å². The van der Waals surface area contributed by atoms with Crippen LogP contribution in [0.1, 0.15) is 54.9 Å². The van der Waals surface area contributed by atoms with Crippen molar-refractivity contribution in [1.29, 1.82) is 0 Å². The summed E-state index contributed by atoms with van der Waals surface area (Å²) in [5, 5.41) is 6.44. The van der Waals surface area contributed by atoms with E-state index >= 15 is 0 Å². The van der Waals surface area contributed by atoms with Gasteiger partial charge in [0.15, 0.2) is 0 Å². The van der Waals surface area contributed by atoms with Gasteiger partial charge in [-0.3, -0.25) is 4.79 Å². The van der Waals surface area contributed by atoms with Gasteiger partial charge in [-0.1, -0.05) is 12.5 Å². The van der Waals surface area contributed by atoms with E-state index in [0.717, 1.165) is 44.2 Å². The number of amides is 1. The highest BCUT2D eigenvalue weighted by atomic mass is 32.2. The van der Waals surface area contributed by atoms with E-state index in [2.05, 4.69) is 17.6 Å². The fraction of sp³-hybridized carbons (Fsp3) is 0.632. The van der Waals surface area contributed by atoms with Crippen molar-refractivity contribution >= 4 is 15.9 Å². The molecule has 144 valence electrons. The fourth-order valence-electron chi connectivity index (χ4n) is 3.79. The van der Waals surface area contributed by atoms with Crippen molar-refractivity contribution in [3.05, 3.63) is 29.3 Å². The van der Waals surface area contributed by atoms with Crippen molar-refractivity contribution in [3.63, 3.8) is 0 Å². The third kappa shape index (κ3) is 4.27. The molecule has 0 saturated carbocycles. The fourth-order valence-corrected chi connectivity index (χ4v) is 5.33. The minimum absolute atomic E-state index is 0.125. The molecule has 1 amide bonds. The summed E-state index contributed by atoms with van der Waals surface area (Å²) in [6.07, 6.45) is 4.64. The molecule has 2 heterocycles. The first-order valence-electron chi connectivity index (χ1n) is 9.53. The molecule has 7 heteroatoms. The highest BCUT2D eigenvalue weighted by Crippen LogP contribution is 2.23. The first kappa shape index (κ1) is 19.3. The summed E-state index contributed by atoms with van der Waals surface area (Å²) in [7, 11) is -3.53. The maximum atomic E-state index is 12.9. The van der Waals surface area contributed by atoms with Gasteiger partial charge in [-0.25, -0.2) is 8.42 Å². The van der Waals surface area contributed by atoms with E-state index in [1.165, 1.54) is 4.31 Å². The zero-order chi connectivity index (χ0) is 18.7. The third-order valence-corrected chi connectivity index (χ3v) is 7.26. The molecule has 2 fully saturated rings. The number of benzene rings is 1. The molecule has 2 aliphatic rings. The normalized spacial score (nSPS) is 25.0. The van der Waals surface area contributed by atoms with Crippen molar-refractivity contribution < 1.29 is 13.2 Å². The molecule has 1 aromatic carbocycles. The number of hydrogen-bond donors (Lipinski definition) is 2. The van der Waals surface area contributed by atoms with Crippen molar-refractivity contribution in [3.8, 4) is 0 Å². The molecule has 0 bridgehead atoms. The first-order chi connectivity index (χ1) is 12.4. The molecule has 1 aromatic rings. The summed E-state index contributed by atoms with van der Waals surface area (Å²) >= 11 is 0. The van der Waals surface area contributed by atoms with E-state index < -0.39 is 10.0 Å². The van der Waals surface area contributed by atoms with Gasteiger partial charge in [0.05, 0.1) is 4.90 Å². The van der Waals surface area contributed by atoms with Crippen LogP contribution in [0.4, 0.5) is 0 Å². The molecular formula is C19H29N3O3S. The highest BCUT2D eigenvalue weighted by molar-refractivity contribution is 7.89. The first-order valence-corrected chi connectivity index (χ1v) is 11.0. The summed E-state index contributed by atoms with van der Waals surface area (Å²) in [5.74, 6) is -0.183. The second-order valence-corrected chi connectivity index (χ2v) is 9.43. The Kier molecular flexibility index (Phi) is 5.99. The predicted molar refractivity (Wildman–Crippen MR) is 102 cm³/mol. The summed E-state index contributed by atoms with van der Waals surface area (Å²) < 4.78 is 27.3. The van der Waals surface area contributed by atoms with E-state index in [1.54, 1.807) is 18.2 Å². The van der Waals surface area contributed by atoms with Crippen LogP contribution in [0.25, 0.3) is 0 Å². The predicted octanol–water partition coefficient (Wildman–Crippen LogP) is 2.04. The van der Waals surface area contributed by atoms with Crippen molar-refractivity contribution in [1.82, 2.24) is 14.9 Å². The van der Waals surface area contributed by atoms with Gasteiger partial charge in [0.25, 0.3) is 5.91 Å². The Hall–Kier alpha value is -1.44. The van der Waals surface area contributed by atoms with Crippen LogP contribution in [0.15, 0.2) is 23.1 Å². The van der Waals surface area contributed by atoms with Crippen LogP contribution in [-0.2, 0) is 10.0 Å². The maximum absolute atomic E-state index is 12.9. The molecule has 0 radical (unpaired) electrons. The lowest BCUT2D eigenvalue weighted by Crippen LogP contribution is -2.46. The average Bonchev–Trinajstić information content (AvgIpc) is 2.62. The van der Waals surface area contributed by atoms with Crippen molar-refractivity contribution in [2.75, 3.05) is 19.6 Å². The third-order valence-electron chi connectivity index (χ3n) is 5.37. The van der Waals surface area contributed by atoms with Gasteiger partial charge in [-0.15, -0.1) is 0 Å². The van der Waals surface area contributed by atoms with Crippen LogP contribution >= 0.6 is 0 Å². The van der Waals surface area contributed by atoms with E-state index in [-0.39, 0.29) is 16.8 Å². The molecule has 0 aliphatic carbocycles. The highest BCUT2D eigenvalue weighted by Gasteiger charge is 2.27. The number of sulfonamides is 1. The molecule has 0 aromatic heterocycles. The summed E-state index contributed by atoms with van der Waals surface area (Å²) in [4.78, 5) is 13.0. The van der Waals surface area contributed by atoms with Crippen LogP contribution < -0.4 is 10.6 Å². The monoisotopic (exact) mass is 379 g/mol. The standard InChI is InChI=1S/C19H29N3O3S/c1-14-6-7-17(26(24,25)22-10-4-3-5-11-22)13-18(14)19(23)21-16-8-9-20-15(2)12-16/h6-7,13,15-16,20H,3-5,8-12H2,1-2H3,(H,21,23). The number of carbonyl (C=O) groups excluding carboxylic acids is 1. The second kappa shape index (κ2) is 8.06. The molecule has 3 rings (SSSR count). The lowest BCUT2D eigenvalue weighted by Gasteiger charge is -2.29. The van der Waals surface area contributed by atoms with Crippen LogP contribution in [0.5, 0.6) is 0 Å². The molecular weight excluding hydrogens is 350 g/mol. The quantitative estimate of drug-likeness (QED) is 0.839. The van der Waals surface area contributed by atoms with Gasteiger partial charge in [0.2, 0.25) is 10.0 Å². The second-order valence-electron chi connectivity index (χ2n) is 7.49. The Balaban J connectivity index is 1.79. The van der Waals surface area contributed by atoms with Crippen LogP contribution in [-0.4, -0.2) is 50.3 Å². The minimum Gasteiger partial charge on any atom is -0.349 e. The number of hydrogen-bond acceptors (Lipinski definition) is 4. The van der Waals surface area contributed by atoms with Gasteiger partial charge < -0.3 is 10.6 Å². The molecule has 6 nitrogen and oxygen atoms in total. The van der Waals surface area contributed by atoms with Crippen molar-refractivity contribution in [2.24, 2.45) is 0 Å². The Morgan fingerprint density at radius 1 is 1.23 bits per heavy atom. The summed E-state index contributed by atoms with van der Waals surface area (Å²) in [6, 6.07) is 5.39. The summed E-state index contributed by atoms with van der Waals surface area (Å²) in [5.41, 5.74) is 1.25. The SMILES string of the molecule is Cc1ccc(S(=O)(=O)N2CCCCC2)cc1C(=O)NC1CCNC(C)C1. The molecule has 2 atom stereocenters. The van der Waals surface area contributed by atoms with E-state index in [4.69, 9.17) is 0 Å². The van der Waals surface area contributed by atoms with Gasteiger partial charge in [-0.2, -0.15) is 4.31 Å². The molecule has 2 aliphatic heterocycles. The lowest BCUT2D eigenvalue weighted by atomic mass is 9.99. The van der Waals surface area contributed by atoms with Gasteiger partial charge in [0, 0.05) is 30.7 Å². The van der Waals surface area contributed by atoms with E-state index in [1.807, 2.05) is 6.92 Å². The van der Waals surface area contributed by atoms with Gasteiger partial charge >= 0.3 is 0 Å². The number of aryl methyl sites for hydroxylation is 1. The molecule has 2 N–H and O–H groups in total. The topological polar surface area (TPSA) is 78.5 Å². The number of rotatable bonds is 4. The zero-order valence-corrected chi connectivity index (χ0v) is 16.4. The van der Waals surface area contributed by atoms with Crippen LogP contribution in [0.2, 0.25) is 0 Å². The smallest absolute Gasteiger partial charge is 0.251 e. The lowest BCUT2D eigenvalue weighted by molar-refractivity contribution is 0.0925. The zero-order valence-electron chi connectivity index (χ0n) is 15.6. The number of nitrogens with zero attached hydrogens (tertiary/aromatic N) is 1. The summed E-state index contributed by atoms with van der Waals surface area (Å²) in [6.45, 7) is 5.95. The largest absolute Gasteiger partial charge is 0.349 e. The van der Waals surface area contributed by atoms with Gasteiger partial charge in [-0.05, 0) is 63.8 Å². The molecule has 2 saturated heterocycles. The van der Waals surface area contributed by atoms with Gasteiger partial charge in [0.1, 0.15) is 0 Å². The number of piperidine rings is 2. The average molecular weight is 380 g/mol. The molecule has 0 spiro atoms. The van der Waals surface area contributed by atoms with Crippen LogP contribution in [0, 0.1) is 6.92 Å². The number of carbonyl (C=O) groups is 1. The number of nitrogens with one attached hydrogen (secondary N) is 2. The van der Waals surface area contributed by atoms with Crippen molar-refractivity contribution in [2.45, 2.75) is 62.9 Å². The maximum Gasteiger partial charge on any atom is 0.251 e.